The van der Waals surface area contributed by atoms with E-state index in [1.54, 1.807) is 0 Å². The lowest BCUT2D eigenvalue weighted by Crippen LogP contribution is -2.42. The van der Waals surface area contributed by atoms with Crippen molar-refractivity contribution in [3.8, 4) is 0 Å². The minimum Gasteiger partial charge on any atom is -0.316 e. The van der Waals surface area contributed by atoms with Gasteiger partial charge in [0.15, 0.2) is 0 Å². The Morgan fingerprint density at radius 3 is 2.06 bits per heavy atom. The second-order valence-corrected chi connectivity index (χ2v) is 7.85. The van der Waals surface area contributed by atoms with Gasteiger partial charge in [0.25, 0.3) is 0 Å². The van der Waals surface area contributed by atoms with Gasteiger partial charge in [0.05, 0.1) is 5.75 Å². The maximum atomic E-state index is 11.4. The highest BCUT2D eigenvalue weighted by Crippen LogP contribution is 2.34. The lowest BCUT2D eigenvalue weighted by molar-refractivity contribution is 0.187. The fourth-order valence-corrected chi connectivity index (χ4v) is 4.21. The van der Waals surface area contributed by atoms with Gasteiger partial charge in [0.2, 0.25) is 0 Å². The molecular weight excluding hydrogens is 222 g/mol. The average Bonchev–Trinajstić information content (AvgIpc) is 2.11. The molecule has 0 aliphatic heterocycles. The molecule has 16 heavy (non-hydrogen) atoms. The molecule has 96 valence electrons. The van der Waals surface area contributed by atoms with Crippen molar-refractivity contribution < 1.29 is 8.42 Å². The molecule has 1 rings (SSSR count). The van der Waals surface area contributed by atoms with Crippen molar-refractivity contribution in [1.29, 1.82) is 0 Å². The van der Waals surface area contributed by atoms with E-state index in [4.69, 9.17) is 0 Å². The van der Waals surface area contributed by atoms with Crippen molar-refractivity contribution in [2.45, 2.75) is 39.2 Å². The predicted octanol–water partition coefficient (Wildman–Crippen LogP) is 1.69. The summed E-state index contributed by atoms with van der Waals surface area (Å²) < 4.78 is 22.7. The quantitative estimate of drug-likeness (QED) is 0.822. The van der Waals surface area contributed by atoms with E-state index in [0.29, 0.717) is 5.92 Å². The first-order valence-corrected chi connectivity index (χ1v) is 8.23. The number of sulfone groups is 1. The fourth-order valence-electron chi connectivity index (χ4n) is 3.12. The van der Waals surface area contributed by atoms with E-state index in [9.17, 15) is 8.42 Å². The van der Waals surface area contributed by atoms with E-state index in [2.05, 4.69) is 19.2 Å². The zero-order valence-electron chi connectivity index (χ0n) is 10.9. The summed E-state index contributed by atoms with van der Waals surface area (Å²) in [6, 6.07) is 0.125. The summed E-state index contributed by atoms with van der Waals surface area (Å²) in [5, 5.41) is 3.19. The second kappa shape index (κ2) is 5.50. The van der Waals surface area contributed by atoms with E-state index in [1.807, 2.05) is 7.05 Å². The van der Waals surface area contributed by atoms with E-state index >= 15 is 0 Å². The Labute approximate surface area is 99.9 Å². The van der Waals surface area contributed by atoms with E-state index < -0.39 is 9.84 Å². The van der Waals surface area contributed by atoms with Crippen LogP contribution in [0.3, 0.4) is 0 Å². The van der Waals surface area contributed by atoms with Crippen LogP contribution in [0.4, 0.5) is 0 Å². The van der Waals surface area contributed by atoms with Crippen LogP contribution in [0, 0.1) is 17.8 Å². The number of hydrogen-bond acceptors (Lipinski definition) is 3. The highest BCUT2D eigenvalue weighted by Gasteiger charge is 2.30. The molecule has 0 aromatic rings. The first-order valence-electron chi connectivity index (χ1n) is 6.16. The molecule has 1 saturated carbocycles. The summed E-state index contributed by atoms with van der Waals surface area (Å²) in [6.07, 6.45) is 4.93. The lowest BCUT2D eigenvalue weighted by atomic mass is 9.74. The lowest BCUT2D eigenvalue weighted by Gasteiger charge is -2.36. The predicted molar refractivity (Wildman–Crippen MR) is 68.2 cm³/mol. The van der Waals surface area contributed by atoms with Gasteiger partial charge in [-0.05, 0) is 44.1 Å². The minimum absolute atomic E-state index is 0.125. The summed E-state index contributed by atoms with van der Waals surface area (Å²) in [4.78, 5) is 0. The highest BCUT2D eigenvalue weighted by molar-refractivity contribution is 7.90. The van der Waals surface area contributed by atoms with Crippen molar-refractivity contribution >= 4 is 9.84 Å². The van der Waals surface area contributed by atoms with Gasteiger partial charge in [-0.1, -0.05) is 13.8 Å². The number of rotatable bonds is 4. The Morgan fingerprint density at radius 1 is 1.19 bits per heavy atom. The van der Waals surface area contributed by atoms with Crippen LogP contribution in [0.25, 0.3) is 0 Å². The smallest absolute Gasteiger partial charge is 0.148 e. The molecule has 0 saturated heterocycles. The van der Waals surface area contributed by atoms with Crippen LogP contribution in [0.5, 0.6) is 0 Å². The summed E-state index contributed by atoms with van der Waals surface area (Å²) in [5.41, 5.74) is 0. The van der Waals surface area contributed by atoms with Gasteiger partial charge in [-0.2, -0.15) is 0 Å². The van der Waals surface area contributed by atoms with Crippen LogP contribution in [0.1, 0.15) is 33.1 Å². The van der Waals surface area contributed by atoms with Crippen molar-refractivity contribution in [2.75, 3.05) is 19.1 Å². The van der Waals surface area contributed by atoms with Gasteiger partial charge in [-0.25, -0.2) is 8.42 Å². The summed E-state index contributed by atoms with van der Waals surface area (Å²) in [7, 11) is -1.01. The van der Waals surface area contributed by atoms with E-state index in [-0.39, 0.29) is 11.8 Å². The van der Waals surface area contributed by atoms with Crippen molar-refractivity contribution in [3.63, 3.8) is 0 Å². The molecule has 3 atom stereocenters. The van der Waals surface area contributed by atoms with E-state index in [1.165, 1.54) is 12.7 Å². The number of nitrogens with one attached hydrogen (secondary N) is 1. The first kappa shape index (κ1) is 14.0. The summed E-state index contributed by atoms with van der Waals surface area (Å²) in [6.45, 7) is 4.55. The van der Waals surface area contributed by atoms with Gasteiger partial charge in [-0.3, -0.25) is 0 Å². The normalized spacial score (nSPS) is 33.6. The van der Waals surface area contributed by atoms with Crippen LogP contribution in [-0.4, -0.2) is 33.5 Å². The standard InChI is InChI=1S/C12H25NO2S/c1-9-5-10(2)7-11(6-9)12(13-3)8-16(4,14)15/h9-13H,5-8H2,1-4H3. The third kappa shape index (κ3) is 4.42. The molecule has 0 aromatic carbocycles. The number of hydrogen-bond donors (Lipinski definition) is 1. The van der Waals surface area contributed by atoms with Gasteiger partial charge in [0, 0.05) is 12.3 Å². The summed E-state index contributed by atoms with van der Waals surface area (Å²) >= 11 is 0. The Bertz CT molecular complexity index is 303. The Balaban J connectivity index is 2.65. The zero-order valence-corrected chi connectivity index (χ0v) is 11.7. The monoisotopic (exact) mass is 247 g/mol. The van der Waals surface area contributed by atoms with Crippen molar-refractivity contribution in [2.24, 2.45) is 17.8 Å². The highest BCUT2D eigenvalue weighted by atomic mass is 32.2. The van der Waals surface area contributed by atoms with Crippen LogP contribution >= 0.6 is 0 Å². The Morgan fingerprint density at radius 2 is 1.69 bits per heavy atom. The molecule has 0 aromatic heterocycles. The van der Waals surface area contributed by atoms with Crippen LogP contribution < -0.4 is 5.32 Å². The molecule has 0 amide bonds. The van der Waals surface area contributed by atoms with Crippen LogP contribution in [-0.2, 0) is 9.84 Å². The molecule has 3 nitrogen and oxygen atoms in total. The van der Waals surface area contributed by atoms with Crippen molar-refractivity contribution in [1.82, 2.24) is 5.32 Å². The first-order chi connectivity index (χ1) is 7.31. The molecular formula is C12H25NO2S. The van der Waals surface area contributed by atoms with Gasteiger partial charge in [-0.15, -0.1) is 0 Å². The molecule has 1 aliphatic rings. The molecule has 4 heteroatoms. The molecule has 0 spiro atoms. The topological polar surface area (TPSA) is 46.2 Å². The molecule has 0 radical (unpaired) electrons. The zero-order chi connectivity index (χ0) is 12.3. The second-order valence-electron chi connectivity index (χ2n) is 5.67. The molecule has 0 heterocycles. The molecule has 3 unspecified atom stereocenters. The molecule has 1 aliphatic carbocycles. The molecule has 1 fully saturated rings. The van der Waals surface area contributed by atoms with Crippen LogP contribution in [0.15, 0.2) is 0 Å². The third-order valence-corrected chi connectivity index (χ3v) is 4.60. The molecule has 0 bridgehead atoms. The van der Waals surface area contributed by atoms with Crippen molar-refractivity contribution in [3.05, 3.63) is 0 Å². The SMILES string of the molecule is CNC(CS(C)(=O)=O)C1CC(C)CC(C)C1. The minimum atomic E-state index is -2.88. The fraction of sp³-hybridized carbons (Fsp3) is 1.00. The average molecular weight is 247 g/mol. The van der Waals surface area contributed by atoms with Gasteiger partial charge >= 0.3 is 0 Å². The van der Waals surface area contributed by atoms with Gasteiger partial charge in [0.1, 0.15) is 9.84 Å². The largest absolute Gasteiger partial charge is 0.316 e. The van der Waals surface area contributed by atoms with Crippen LogP contribution in [0.2, 0.25) is 0 Å². The maximum Gasteiger partial charge on any atom is 0.148 e. The Hall–Kier alpha value is -0.0900. The summed E-state index contributed by atoms with van der Waals surface area (Å²) in [5.74, 6) is 2.24. The van der Waals surface area contributed by atoms with Gasteiger partial charge < -0.3 is 5.32 Å². The molecule has 1 N–H and O–H groups in total. The Kier molecular flexibility index (Phi) is 4.80. The van der Waals surface area contributed by atoms with E-state index in [0.717, 1.165) is 24.7 Å². The third-order valence-electron chi connectivity index (χ3n) is 3.64. The maximum absolute atomic E-state index is 11.4.